The van der Waals surface area contributed by atoms with Gasteiger partial charge >= 0.3 is 6.03 Å². The average molecular weight is 348 g/mol. The number of amides is 2. The van der Waals surface area contributed by atoms with Gasteiger partial charge in [-0.15, -0.1) is 5.73 Å². The van der Waals surface area contributed by atoms with Crippen molar-refractivity contribution in [1.29, 1.82) is 0 Å². The first-order valence-corrected chi connectivity index (χ1v) is 9.20. The summed E-state index contributed by atoms with van der Waals surface area (Å²) in [6, 6.07) is 20.5. The Kier molecular flexibility index (Phi) is 7.73. The van der Waals surface area contributed by atoms with Crippen molar-refractivity contribution in [1.82, 2.24) is 10.6 Å². The van der Waals surface area contributed by atoms with E-state index in [9.17, 15) is 4.79 Å². The summed E-state index contributed by atoms with van der Waals surface area (Å²) in [7, 11) is 0. The number of hydrogen-bond acceptors (Lipinski definition) is 1. The van der Waals surface area contributed by atoms with Crippen LogP contribution < -0.4 is 10.6 Å². The summed E-state index contributed by atoms with van der Waals surface area (Å²) in [6.07, 6.45) is 4.69. The normalized spacial score (nSPS) is 10.7. The van der Waals surface area contributed by atoms with Crippen LogP contribution in [-0.2, 0) is 5.41 Å². The molecule has 3 heteroatoms. The van der Waals surface area contributed by atoms with Crippen LogP contribution in [0.4, 0.5) is 4.79 Å². The van der Waals surface area contributed by atoms with E-state index in [2.05, 4.69) is 54.1 Å². The molecule has 0 radical (unpaired) electrons. The van der Waals surface area contributed by atoms with Crippen molar-refractivity contribution in [3.63, 3.8) is 0 Å². The van der Waals surface area contributed by atoms with Crippen LogP contribution in [0.1, 0.15) is 37.3 Å². The lowest BCUT2D eigenvalue weighted by atomic mass is 9.72. The van der Waals surface area contributed by atoms with Crippen LogP contribution in [0.5, 0.6) is 0 Å². The zero-order valence-electron chi connectivity index (χ0n) is 15.5. The second-order valence-corrected chi connectivity index (χ2v) is 6.39. The lowest BCUT2D eigenvalue weighted by Gasteiger charge is -2.34. The second kappa shape index (κ2) is 10.3. The van der Waals surface area contributed by atoms with Gasteiger partial charge in [-0.3, -0.25) is 0 Å². The van der Waals surface area contributed by atoms with Gasteiger partial charge in [-0.2, -0.15) is 0 Å². The third kappa shape index (κ3) is 5.11. The monoisotopic (exact) mass is 348 g/mol. The molecule has 0 unspecified atom stereocenters. The van der Waals surface area contributed by atoms with Crippen molar-refractivity contribution in [2.75, 3.05) is 13.1 Å². The lowest BCUT2D eigenvalue weighted by molar-refractivity contribution is 0.238. The highest BCUT2D eigenvalue weighted by Crippen LogP contribution is 2.35. The highest BCUT2D eigenvalue weighted by atomic mass is 16.2. The van der Waals surface area contributed by atoms with Crippen molar-refractivity contribution in [2.24, 2.45) is 0 Å². The number of urea groups is 1. The number of hydrogen-bond donors (Lipinski definition) is 2. The Morgan fingerprint density at radius 2 is 1.62 bits per heavy atom. The molecule has 0 saturated carbocycles. The molecule has 2 aromatic carbocycles. The summed E-state index contributed by atoms with van der Waals surface area (Å²) in [5.41, 5.74) is 4.84. The molecule has 0 aromatic heterocycles. The van der Waals surface area contributed by atoms with E-state index >= 15 is 0 Å². The fraction of sp³-hybridized carbons (Fsp3) is 0.304. The van der Waals surface area contributed by atoms with E-state index in [-0.39, 0.29) is 11.4 Å². The summed E-state index contributed by atoms with van der Waals surface area (Å²) >= 11 is 0. The van der Waals surface area contributed by atoms with Gasteiger partial charge in [-0.1, -0.05) is 80.6 Å². The molecule has 3 nitrogen and oxygen atoms in total. The van der Waals surface area contributed by atoms with Crippen molar-refractivity contribution in [2.45, 2.75) is 31.6 Å². The Morgan fingerprint density at radius 3 is 2.12 bits per heavy atom. The molecule has 2 N–H and O–H groups in total. The Bertz CT molecular complexity index is 679. The molecule has 2 amide bonds. The zero-order chi connectivity index (χ0) is 18.7. The SMILES string of the molecule is C=C=CCC(CNC(=O)NCCCC)(c1ccccc1)c1ccccc1. The summed E-state index contributed by atoms with van der Waals surface area (Å²) in [4.78, 5) is 12.2. The van der Waals surface area contributed by atoms with E-state index in [1.54, 1.807) is 0 Å². The van der Waals surface area contributed by atoms with Gasteiger partial charge in [0.25, 0.3) is 0 Å². The predicted molar refractivity (Wildman–Crippen MR) is 108 cm³/mol. The zero-order valence-corrected chi connectivity index (χ0v) is 15.5. The minimum absolute atomic E-state index is 0.128. The number of allylic oxidation sites excluding steroid dienone is 1. The van der Waals surface area contributed by atoms with E-state index in [1.807, 2.05) is 42.5 Å². The van der Waals surface area contributed by atoms with Crippen LogP contribution in [0.25, 0.3) is 0 Å². The van der Waals surface area contributed by atoms with Crippen LogP contribution in [-0.4, -0.2) is 19.1 Å². The molecule has 0 aliphatic rings. The number of carbonyl (C=O) groups is 1. The third-order valence-corrected chi connectivity index (χ3v) is 4.61. The molecular formula is C23H28N2O. The van der Waals surface area contributed by atoms with Crippen molar-refractivity contribution >= 4 is 6.03 Å². The Morgan fingerprint density at radius 1 is 1.04 bits per heavy atom. The van der Waals surface area contributed by atoms with Crippen molar-refractivity contribution < 1.29 is 4.79 Å². The van der Waals surface area contributed by atoms with E-state index in [0.29, 0.717) is 19.5 Å². The fourth-order valence-corrected chi connectivity index (χ4v) is 3.11. The van der Waals surface area contributed by atoms with E-state index in [0.717, 1.165) is 24.0 Å². The summed E-state index contributed by atoms with van der Waals surface area (Å²) in [6.45, 7) is 7.01. The van der Waals surface area contributed by atoms with E-state index in [4.69, 9.17) is 0 Å². The average Bonchev–Trinajstić information content (AvgIpc) is 2.70. The molecule has 0 saturated heterocycles. The molecule has 0 fully saturated rings. The highest BCUT2D eigenvalue weighted by Gasteiger charge is 2.33. The highest BCUT2D eigenvalue weighted by molar-refractivity contribution is 5.74. The Balaban J connectivity index is 2.33. The predicted octanol–water partition coefficient (Wildman–Crippen LogP) is 4.80. The van der Waals surface area contributed by atoms with Gasteiger partial charge in [0.15, 0.2) is 0 Å². The molecule has 0 aliphatic carbocycles. The molecule has 0 aliphatic heterocycles. The maximum atomic E-state index is 12.2. The molecule has 2 aromatic rings. The largest absolute Gasteiger partial charge is 0.338 e. The molecule has 0 heterocycles. The molecule has 136 valence electrons. The van der Waals surface area contributed by atoms with Gasteiger partial charge in [0.2, 0.25) is 0 Å². The van der Waals surface area contributed by atoms with Gasteiger partial charge < -0.3 is 10.6 Å². The van der Waals surface area contributed by atoms with Crippen LogP contribution in [0.3, 0.4) is 0 Å². The standard InChI is InChI=1S/C23H28N2O/c1-3-5-17-23(20-13-9-7-10-14-20,21-15-11-8-12-16-21)19-25-22(26)24-18-6-4-2/h5,7-16H,1,4,6,17-19H2,2H3,(H2,24,25,26). The number of unbranched alkanes of at least 4 members (excludes halogenated alkanes) is 1. The molecule has 0 bridgehead atoms. The smallest absolute Gasteiger partial charge is 0.314 e. The maximum Gasteiger partial charge on any atom is 0.314 e. The fourth-order valence-electron chi connectivity index (χ4n) is 3.11. The summed E-state index contributed by atoms with van der Waals surface area (Å²) in [5.74, 6) is 0. The van der Waals surface area contributed by atoms with Crippen molar-refractivity contribution in [3.8, 4) is 0 Å². The first-order valence-electron chi connectivity index (χ1n) is 9.20. The van der Waals surface area contributed by atoms with E-state index in [1.165, 1.54) is 0 Å². The summed E-state index contributed by atoms with van der Waals surface area (Å²) < 4.78 is 0. The minimum atomic E-state index is -0.366. The number of rotatable bonds is 9. The van der Waals surface area contributed by atoms with Gasteiger partial charge in [0, 0.05) is 18.5 Å². The Labute approximate surface area is 156 Å². The van der Waals surface area contributed by atoms with Gasteiger partial charge in [0.05, 0.1) is 0 Å². The number of benzene rings is 2. The van der Waals surface area contributed by atoms with Crippen LogP contribution in [0.15, 0.2) is 79.0 Å². The van der Waals surface area contributed by atoms with Gasteiger partial charge in [-0.25, -0.2) is 4.79 Å². The molecule has 26 heavy (non-hydrogen) atoms. The van der Waals surface area contributed by atoms with Gasteiger partial charge in [-0.05, 0) is 30.0 Å². The molecule has 2 rings (SSSR count). The maximum absolute atomic E-state index is 12.2. The topological polar surface area (TPSA) is 41.1 Å². The number of carbonyl (C=O) groups excluding carboxylic acids is 1. The lowest BCUT2D eigenvalue weighted by Crippen LogP contribution is -2.45. The third-order valence-electron chi connectivity index (χ3n) is 4.61. The quantitative estimate of drug-likeness (QED) is 0.496. The van der Waals surface area contributed by atoms with Gasteiger partial charge in [0.1, 0.15) is 0 Å². The van der Waals surface area contributed by atoms with Crippen molar-refractivity contribution in [3.05, 3.63) is 90.2 Å². The molecule has 0 atom stereocenters. The summed E-state index contributed by atoms with van der Waals surface area (Å²) in [5, 5.41) is 6.00. The van der Waals surface area contributed by atoms with E-state index < -0.39 is 0 Å². The molecule has 0 spiro atoms. The van der Waals surface area contributed by atoms with Crippen LogP contribution in [0, 0.1) is 0 Å². The minimum Gasteiger partial charge on any atom is -0.338 e. The first-order chi connectivity index (χ1) is 12.7. The number of nitrogens with one attached hydrogen (secondary N) is 2. The second-order valence-electron chi connectivity index (χ2n) is 6.39. The first kappa shape index (κ1) is 19.6. The Hall–Kier alpha value is -2.77. The molecular weight excluding hydrogens is 320 g/mol. The van der Waals surface area contributed by atoms with Crippen LogP contribution >= 0.6 is 0 Å². The van der Waals surface area contributed by atoms with Crippen LogP contribution in [0.2, 0.25) is 0 Å².